The Hall–Kier alpha value is -1.94. The number of aliphatic hydroxyl groups excluding tert-OH is 1. The van der Waals surface area contributed by atoms with Crippen LogP contribution in [0.4, 0.5) is 0 Å². The van der Waals surface area contributed by atoms with Crippen LogP contribution in [0.15, 0.2) is 36.5 Å². The molecule has 0 spiro atoms. The van der Waals surface area contributed by atoms with Crippen molar-refractivity contribution in [3.63, 3.8) is 0 Å². The van der Waals surface area contributed by atoms with E-state index in [-0.39, 0.29) is 12.8 Å². The van der Waals surface area contributed by atoms with Crippen molar-refractivity contribution in [1.82, 2.24) is 4.98 Å². The highest BCUT2D eigenvalue weighted by Crippen LogP contribution is 2.22. The highest BCUT2D eigenvalue weighted by molar-refractivity contribution is 5.79. The average molecular weight is 231 g/mol. The molecule has 0 saturated carbocycles. The lowest BCUT2D eigenvalue weighted by atomic mass is 10.0. The molecule has 17 heavy (non-hydrogen) atoms. The van der Waals surface area contributed by atoms with E-state index in [0.29, 0.717) is 0 Å². The highest BCUT2D eigenvalue weighted by atomic mass is 16.4. The van der Waals surface area contributed by atoms with Gasteiger partial charge in [-0.2, -0.15) is 0 Å². The molecule has 1 heterocycles. The minimum atomic E-state index is -0.897. The Morgan fingerprint density at radius 3 is 2.94 bits per heavy atom. The number of fused-ring (bicyclic) bond motifs is 1. The molecule has 0 aliphatic heterocycles. The Kier molecular flexibility index (Phi) is 3.35. The molecule has 2 N–H and O–H groups in total. The average Bonchev–Trinajstić information content (AvgIpc) is 2.35. The molecule has 1 aromatic heterocycles. The third-order valence-electron chi connectivity index (χ3n) is 2.64. The molecule has 0 aliphatic rings. The number of carboxylic acid groups (broad SMARTS) is 1. The molecule has 1 aromatic carbocycles. The molecule has 0 radical (unpaired) electrons. The fourth-order valence-electron chi connectivity index (χ4n) is 1.73. The van der Waals surface area contributed by atoms with E-state index in [1.807, 2.05) is 24.3 Å². The third-order valence-corrected chi connectivity index (χ3v) is 2.64. The van der Waals surface area contributed by atoms with Gasteiger partial charge in [-0.1, -0.05) is 12.1 Å². The number of rotatable bonds is 4. The Bertz CT molecular complexity index is 539. The molecule has 4 nitrogen and oxygen atoms in total. The summed E-state index contributed by atoms with van der Waals surface area (Å²) in [5, 5.41) is 19.3. The lowest BCUT2D eigenvalue weighted by Crippen LogP contribution is -2.02. The lowest BCUT2D eigenvalue weighted by Gasteiger charge is -2.10. The highest BCUT2D eigenvalue weighted by Gasteiger charge is 2.10. The van der Waals surface area contributed by atoms with E-state index in [9.17, 15) is 9.90 Å². The number of benzene rings is 1. The minimum absolute atomic E-state index is 0.0355. The summed E-state index contributed by atoms with van der Waals surface area (Å²) in [6.07, 6.45) is 1.16. The molecule has 2 rings (SSSR count). The summed E-state index contributed by atoms with van der Waals surface area (Å²) in [6, 6.07) is 9.19. The largest absolute Gasteiger partial charge is 0.481 e. The maximum Gasteiger partial charge on any atom is 0.303 e. The van der Waals surface area contributed by atoms with Crippen molar-refractivity contribution in [2.24, 2.45) is 0 Å². The first-order valence-electron chi connectivity index (χ1n) is 5.41. The van der Waals surface area contributed by atoms with Gasteiger partial charge in [0.15, 0.2) is 0 Å². The number of carbonyl (C=O) groups is 1. The molecular formula is C13H13NO3. The third kappa shape index (κ3) is 2.79. The Morgan fingerprint density at radius 1 is 1.35 bits per heavy atom. The van der Waals surface area contributed by atoms with Gasteiger partial charge in [0.2, 0.25) is 0 Å². The number of nitrogens with zero attached hydrogens (tertiary/aromatic N) is 1. The number of hydrogen-bond donors (Lipinski definition) is 2. The maximum absolute atomic E-state index is 10.4. The summed E-state index contributed by atoms with van der Waals surface area (Å²) >= 11 is 0. The second-order valence-corrected chi connectivity index (χ2v) is 3.90. The predicted molar refractivity (Wildman–Crippen MR) is 63.6 cm³/mol. The van der Waals surface area contributed by atoms with Gasteiger partial charge in [0.25, 0.3) is 0 Å². The second-order valence-electron chi connectivity index (χ2n) is 3.90. The molecule has 4 heteroatoms. The van der Waals surface area contributed by atoms with Crippen molar-refractivity contribution in [2.75, 3.05) is 0 Å². The molecule has 0 fully saturated rings. The quantitative estimate of drug-likeness (QED) is 0.845. The summed E-state index contributed by atoms with van der Waals surface area (Å²) in [5.41, 5.74) is 1.59. The standard InChI is InChI=1S/C13H13NO3/c15-12(5-6-13(16)17)10-3-4-11-9(8-10)2-1-7-14-11/h1-4,7-8,12,15H,5-6H2,(H,16,17). The number of hydrogen-bond acceptors (Lipinski definition) is 3. The number of aliphatic carboxylic acids is 1. The summed E-state index contributed by atoms with van der Waals surface area (Å²) in [5.74, 6) is -0.897. The van der Waals surface area contributed by atoms with Crippen LogP contribution < -0.4 is 0 Å². The summed E-state index contributed by atoms with van der Waals surface area (Å²) in [4.78, 5) is 14.6. The molecule has 1 unspecified atom stereocenters. The van der Waals surface area contributed by atoms with Crippen molar-refractivity contribution < 1.29 is 15.0 Å². The van der Waals surface area contributed by atoms with Gasteiger partial charge in [-0.25, -0.2) is 0 Å². The van der Waals surface area contributed by atoms with E-state index in [1.165, 1.54) is 0 Å². The van der Waals surface area contributed by atoms with E-state index < -0.39 is 12.1 Å². The van der Waals surface area contributed by atoms with E-state index >= 15 is 0 Å². The van der Waals surface area contributed by atoms with Crippen molar-refractivity contribution >= 4 is 16.9 Å². The first kappa shape index (κ1) is 11.5. The summed E-state index contributed by atoms with van der Waals surface area (Å²) < 4.78 is 0. The molecule has 2 aromatic rings. The topological polar surface area (TPSA) is 70.4 Å². The molecule has 1 atom stereocenters. The van der Waals surface area contributed by atoms with Crippen LogP contribution in [-0.2, 0) is 4.79 Å². The van der Waals surface area contributed by atoms with Crippen LogP contribution in [0.1, 0.15) is 24.5 Å². The van der Waals surface area contributed by atoms with Gasteiger partial charge in [-0.15, -0.1) is 0 Å². The predicted octanol–water partition coefficient (Wildman–Crippen LogP) is 2.13. The van der Waals surface area contributed by atoms with Gasteiger partial charge >= 0.3 is 5.97 Å². The Balaban J connectivity index is 2.20. The van der Waals surface area contributed by atoms with E-state index in [0.717, 1.165) is 16.5 Å². The minimum Gasteiger partial charge on any atom is -0.481 e. The molecule has 0 bridgehead atoms. The summed E-state index contributed by atoms with van der Waals surface area (Å²) in [7, 11) is 0. The molecule has 88 valence electrons. The number of aromatic nitrogens is 1. The van der Waals surface area contributed by atoms with Gasteiger partial charge in [-0.05, 0) is 30.2 Å². The SMILES string of the molecule is O=C(O)CCC(O)c1ccc2ncccc2c1. The smallest absolute Gasteiger partial charge is 0.303 e. The van der Waals surface area contributed by atoms with Crippen LogP contribution in [0, 0.1) is 0 Å². The van der Waals surface area contributed by atoms with Crippen molar-refractivity contribution in [3.8, 4) is 0 Å². The first-order chi connectivity index (χ1) is 8.16. The van der Waals surface area contributed by atoms with Gasteiger partial charge in [0.05, 0.1) is 11.6 Å². The summed E-state index contributed by atoms with van der Waals surface area (Å²) in [6.45, 7) is 0. The van der Waals surface area contributed by atoms with Crippen molar-refractivity contribution in [3.05, 3.63) is 42.1 Å². The van der Waals surface area contributed by atoms with Gasteiger partial charge in [0.1, 0.15) is 0 Å². The Morgan fingerprint density at radius 2 is 2.18 bits per heavy atom. The normalized spacial score (nSPS) is 12.5. The van der Waals surface area contributed by atoms with Crippen LogP contribution >= 0.6 is 0 Å². The zero-order valence-corrected chi connectivity index (χ0v) is 9.21. The molecule has 0 aliphatic carbocycles. The first-order valence-corrected chi connectivity index (χ1v) is 5.41. The van der Waals surface area contributed by atoms with Crippen LogP contribution in [0.25, 0.3) is 10.9 Å². The monoisotopic (exact) mass is 231 g/mol. The van der Waals surface area contributed by atoms with E-state index in [4.69, 9.17) is 5.11 Å². The van der Waals surface area contributed by atoms with Gasteiger partial charge < -0.3 is 10.2 Å². The van der Waals surface area contributed by atoms with Crippen LogP contribution in [-0.4, -0.2) is 21.2 Å². The maximum atomic E-state index is 10.4. The number of carboxylic acids is 1. The molecule has 0 saturated heterocycles. The van der Waals surface area contributed by atoms with Gasteiger partial charge in [0, 0.05) is 18.0 Å². The number of pyridine rings is 1. The van der Waals surface area contributed by atoms with Crippen LogP contribution in [0.2, 0.25) is 0 Å². The lowest BCUT2D eigenvalue weighted by molar-refractivity contribution is -0.137. The second kappa shape index (κ2) is 4.93. The zero-order chi connectivity index (χ0) is 12.3. The van der Waals surface area contributed by atoms with Crippen LogP contribution in [0.5, 0.6) is 0 Å². The zero-order valence-electron chi connectivity index (χ0n) is 9.21. The molecule has 0 amide bonds. The van der Waals surface area contributed by atoms with E-state index in [2.05, 4.69) is 4.98 Å². The van der Waals surface area contributed by atoms with E-state index in [1.54, 1.807) is 12.3 Å². The fourth-order valence-corrected chi connectivity index (χ4v) is 1.73. The van der Waals surface area contributed by atoms with Crippen molar-refractivity contribution in [1.29, 1.82) is 0 Å². The van der Waals surface area contributed by atoms with Crippen molar-refractivity contribution in [2.45, 2.75) is 18.9 Å². The molecular weight excluding hydrogens is 218 g/mol. The van der Waals surface area contributed by atoms with Crippen LogP contribution in [0.3, 0.4) is 0 Å². The number of aliphatic hydroxyl groups is 1. The van der Waals surface area contributed by atoms with Gasteiger partial charge in [-0.3, -0.25) is 9.78 Å². The Labute approximate surface area is 98.5 Å². The fraction of sp³-hybridized carbons (Fsp3) is 0.231.